The Kier molecular flexibility index (Phi) is 11.3. The fourth-order valence-corrected chi connectivity index (χ4v) is 5.49. The average Bonchev–Trinajstić information content (AvgIpc) is 2.91. The van der Waals surface area contributed by atoms with Crippen molar-refractivity contribution in [2.45, 2.75) is 58.5 Å². The molecule has 9 nitrogen and oxygen atoms in total. The molecule has 2 aromatic rings. The minimum atomic E-state index is -3.63. The molecule has 1 aliphatic rings. The first-order valence-electron chi connectivity index (χ1n) is 13.3. The third-order valence-corrected chi connectivity index (χ3v) is 7.89. The SMILES string of the molecule is CCCCNC(=O)[C@H](CC)N(Cc1ccc(Cl)cc1)C(=O)CCCN(c1ccc2c(c1)OCCO2)S(C)(=O)=O. The molecule has 1 N–H and O–H groups in total. The molecule has 0 saturated heterocycles. The number of halogens is 1. The summed E-state index contributed by atoms with van der Waals surface area (Å²) in [4.78, 5) is 28.1. The summed E-state index contributed by atoms with van der Waals surface area (Å²) in [6.45, 7) is 5.63. The molecule has 0 unspecified atom stereocenters. The lowest BCUT2D eigenvalue weighted by Gasteiger charge is -2.31. The van der Waals surface area contributed by atoms with Crippen LogP contribution in [0.3, 0.4) is 0 Å². The minimum Gasteiger partial charge on any atom is -0.486 e. The van der Waals surface area contributed by atoms with Crippen molar-refractivity contribution in [2.75, 3.05) is 36.9 Å². The number of rotatable bonds is 14. The van der Waals surface area contributed by atoms with Crippen LogP contribution in [-0.4, -0.2) is 63.7 Å². The second-order valence-electron chi connectivity index (χ2n) is 9.48. The monoisotopic (exact) mass is 579 g/mol. The van der Waals surface area contributed by atoms with E-state index >= 15 is 0 Å². The van der Waals surface area contributed by atoms with E-state index in [2.05, 4.69) is 5.32 Å². The summed E-state index contributed by atoms with van der Waals surface area (Å²) in [5, 5.41) is 3.53. The molecule has 0 aromatic heterocycles. The third-order valence-electron chi connectivity index (χ3n) is 6.45. The molecular formula is C28H38ClN3O6S. The van der Waals surface area contributed by atoms with Crippen LogP contribution in [0.2, 0.25) is 5.02 Å². The quantitative estimate of drug-likeness (QED) is 0.333. The van der Waals surface area contributed by atoms with Crippen molar-refractivity contribution in [1.82, 2.24) is 10.2 Å². The zero-order valence-electron chi connectivity index (χ0n) is 22.8. The first-order valence-corrected chi connectivity index (χ1v) is 15.6. The number of sulfonamides is 1. The highest BCUT2D eigenvalue weighted by Crippen LogP contribution is 2.34. The number of fused-ring (bicyclic) bond motifs is 1. The number of anilines is 1. The molecule has 0 radical (unpaired) electrons. The molecule has 0 saturated carbocycles. The Morgan fingerprint density at radius 1 is 1.03 bits per heavy atom. The minimum absolute atomic E-state index is 0.0723. The van der Waals surface area contributed by atoms with E-state index in [0.29, 0.717) is 48.4 Å². The Morgan fingerprint density at radius 2 is 1.72 bits per heavy atom. The van der Waals surface area contributed by atoms with Crippen LogP contribution in [0.1, 0.15) is 51.5 Å². The van der Waals surface area contributed by atoms with Gasteiger partial charge in [0.2, 0.25) is 21.8 Å². The van der Waals surface area contributed by atoms with Crippen molar-refractivity contribution < 1.29 is 27.5 Å². The predicted molar refractivity (Wildman–Crippen MR) is 153 cm³/mol. The Balaban J connectivity index is 1.74. The molecule has 11 heteroatoms. The number of hydrogen-bond acceptors (Lipinski definition) is 6. The molecule has 1 heterocycles. The Bertz CT molecular complexity index is 1220. The van der Waals surface area contributed by atoms with Gasteiger partial charge in [0.1, 0.15) is 19.3 Å². The number of amides is 2. The lowest BCUT2D eigenvalue weighted by molar-refractivity contribution is -0.141. The van der Waals surface area contributed by atoms with Crippen molar-refractivity contribution >= 4 is 39.1 Å². The Morgan fingerprint density at radius 3 is 2.36 bits per heavy atom. The van der Waals surface area contributed by atoms with Gasteiger partial charge in [-0.3, -0.25) is 13.9 Å². The van der Waals surface area contributed by atoms with Gasteiger partial charge < -0.3 is 19.7 Å². The molecule has 1 aliphatic heterocycles. The van der Waals surface area contributed by atoms with Gasteiger partial charge in [-0.15, -0.1) is 0 Å². The summed E-state index contributed by atoms with van der Waals surface area (Å²) in [6.07, 6.45) is 3.73. The molecular weight excluding hydrogens is 542 g/mol. The van der Waals surface area contributed by atoms with E-state index in [0.717, 1.165) is 24.7 Å². The lowest BCUT2D eigenvalue weighted by atomic mass is 10.1. The van der Waals surface area contributed by atoms with Gasteiger partial charge in [0, 0.05) is 37.1 Å². The first-order chi connectivity index (χ1) is 18.6. The summed E-state index contributed by atoms with van der Waals surface area (Å²) in [7, 11) is -3.63. The molecule has 2 aromatic carbocycles. The largest absolute Gasteiger partial charge is 0.486 e. The smallest absolute Gasteiger partial charge is 0.242 e. The maximum absolute atomic E-state index is 13.5. The number of nitrogens with one attached hydrogen (secondary N) is 1. The normalized spacial score (nSPS) is 13.4. The van der Waals surface area contributed by atoms with Gasteiger partial charge in [-0.05, 0) is 49.1 Å². The van der Waals surface area contributed by atoms with Gasteiger partial charge >= 0.3 is 0 Å². The fraction of sp³-hybridized carbons (Fsp3) is 0.500. The summed E-state index contributed by atoms with van der Waals surface area (Å²) >= 11 is 6.03. The number of nitrogens with zero attached hydrogens (tertiary/aromatic N) is 2. The summed E-state index contributed by atoms with van der Waals surface area (Å²) in [5.41, 5.74) is 1.29. The number of benzene rings is 2. The number of carbonyl (C=O) groups is 2. The second-order valence-corrected chi connectivity index (χ2v) is 11.8. The van der Waals surface area contributed by atoms with Gasteiger partial charge in [-0.2, -0.15) is 0 Å². The van der Waals surface area contributed by atoms with Crippen LogP contribution >= 0.6 is 11.6 Å². The van der Waals surface area contributed by atoms with Gasteiger partial charge in [0.25, 0.3) is 0 Å². The zero-order valence-corrected chi connectivity index (χ0v) is 24.4. The van der Waals surface area contributed by atoms with Crippen LogP contribution < -0.4 is 19.1 Å². The van der Waals surface area contributed by atoms with Gasteiger partial charge in [-0.1, -0.05) is 44.0 Å². The van der Waals surface area contributed by atoms with E-state index in [4.69, 9.17) is 21.1 Å². The molecule has 214 valence electrons. The highest BCUT2D eigenvalue weighted by atomic mass is 35.5. The molecule has 0 aliphatic carbocycles. The van der Waals surface area contributed by atoms with E-state index < -0.39 is 16.1 Å². The van der Waals surface area contributed by atoms with E-state index in [1.807, 2.05) is 26.0 Å². The van der Waals surface area contributed by atoms with Crippen LogP contribution in [0.25, 0.3) is 0 Å². The highest BCUT2D eigenvalue weighted by molar-refractivity contribution is 7.92. The predicted octanol–water partition coefficient (Wildman–Crippen LogP) is 4.38. The summed E-state index contributed by atoms with van der Waals surface area (Å²) in [5.74, 6) is 0.632. The standard InChI is InChI=1S/C28H38ClN3O6S/c1-4-6-15-30-28(34)24(5-2)31(20-21-9-11-22(29)12-10-21)27(33)8-7-16-32(39(3,35)36)23-13-14-25-26(19-23)38-18-17-37-25/h9-14,19,24H,4-8,15-18,20H2,1-3H3,(H,30,34)/t24-/m0/s1. The molecule has 0 spiro atoms. The number of unbranched alkanes of at least 4 members (excludes halogenated alkanes) is 1. The summed E-state index contributed by atoms with van der Waals surface area (Å²) in [6, 6.07) is 11.5. The van der Waals surface area contributed by atoms with Crippen molar-refractivity contribution in [3.8, 4) is 11.5 Å². The maximum atomic E-state index is 13.5. The van der Waals surface area contributed by atoms with Crippen LogP contribution in [0, 0.1) is 0 Å². The van der Waals surface area contributed by atoms with E-state index in [9.17, 15) is 18.0 Å². The van der Waals surface area contributed by atoms with Crippen LogP contribution in [-0.2, 0) is 26.2 Å². The van der Waals surface area contributed by atoms with Gasteiger partial charge in [0.05, 0.1) is 11.9 Å². The van der Waals surface area contributed by atoms with Crippen LogP contribution in [0.4, 0.5) is 5.69 Å². The molecule has 1 atom stereocenters. The molecule has 2 amide bonds. The molecule has 0 bridgehead atoms. The number of hydrogen-bond donors (Lipinski definition) is 1. The van der Waals surface area contributed by atoms with E-state index in [-0.39, 0.29) is 37.7 Å². The highest BCUT2D eigenvalue weighted by Gasteiger charge is 2.29. The van der Waals surface area contributed by atoms with Crippen molar-refractivity contribution in [1.29, 1.82) is 0 Å². The van der Waals surface area contributed by atoms with Gasteiger partial charge in [0.15, 0.2) is 11.5 Å². The van der Waals surface area contributed by atoms with Crippen molar-refractivity contribution in [3.63, 3.8) is 0 Å². The zero-order chi connectivity index (χ0) is 28.4. The first kappa shape index (κ1) is 30.6. The maximum Gasteiger partial charge on any atom is 0.242 e. The molecule has 3 rings (SSSR count). The molecule has 39 heavy (non-hydrogen) atoms. The second kappa shape index (κ2) is 14.4. The Labute approximate surface area is 236 Å². The average molecular weight is 580 g/mol. The van der Waals surface area contributed by atoms with Crippen LogP contribution in [0.15, 0.2) is 42.5 Å². The van der Waals surface area contributed by atoms with Gasteiger partial charge in [-0.25, -0.2) is 8.42 Å². The topological polar surface area (TPSA) is 105 Å². The molecule has 0 fully saturated rings. The Hall–Kier alpha value is -2.98. The van der Waals surface area contributed by atoms with E-state index in [1.54, 1.807) is 35.2 Å². The fourth-order valence-electron chi connectivity index (χ4n) is 4.40. The third kappa shape index (κ3) is 8.76. The lowest BCUT2D eigenvalue weighted by Crippen LogP contribution is -2.49. The van der Waals surface area contributed by atoms with E-state index in [1.165, 1.54) is 4.31 Å². The van der Waals surface area contributed by atoms with Crippen molar-refractivity contribution in [2.24, 2.45) is 0 Å². The summed E-state index contributed by atoms with van der Waals surface area (Å²) < 4.78 is 37.7. The van der Waals surface area contributed by atoms with Crippen LogP contribution in [0.5, 0.6) is 11.5 Å². The van der Waals surface area contributed by atoms with Crippen molar-refractivity contribution in [3.05, 3.63) is 53.1 Å². The number of ether oxygens (including phenoxy) is 2. The number of carbonyl (C=O) groups excluding carboxylic acids is 2.